The third kappa shape index (κ3) is 4.43. The smallest absolute Gasteiger partial charge is 0.331 e. The number of alkyl halides is 2. The van der Waals surface area contributed by atoms with Gasteiger partial charge in [-0.1, -0.05) is 5.92 Å². The number of allylic oxidation sites excluding steroid dienone is 1. The Kier molecular flexibility index (Phi) is 6.00. The summed E-state index contributed by atoms with van der Waals surface area (Å²) >= 11 is 0.959. The maximum Gasteiger partial charge on any atom is 0.331 e. The molecule has 0 fully saturated rings. The van der Waals surface area contributed by atoms with Crippen LogP contribution in [0.15, 0.2) is 27.1 Å². The first-order valence-corrected chi connectivity index (χ1v) is 9.84. The van der Waals surface area contributed by atoms with Gasteiger partial charge < -0.3 is 16.8 Å². The molecule has 0 unspecified atom stereocenters. The van der Waals surface area contributed by atoms with Crippen LogP contribution in [0.2, 0.25) is 0 Å². The molecule has 150 valence electrons. The first-order chi connectivity index (χ1) is 13.0. The number of terminal acetylenes is 1. The number of amides is 1. The van der Waals surface area contributed by atoms with E-state index in [1.165, 1.54) is 12.4 Å². The highest BCUT2D eigenvalue weighted by Crippen LogP contribution is 2.34. The van der Waals surface area contributed by atoms with Crippen LogP contribution in [0.3, 0.4) is 0 Å². The molecule has 0 bridgehead atoms. The third-order valence-corrected chi connectivity index (χ3v) is 6.29. The van der Waals surface area contributed by atoms with E-state index in [0.29, 0.717) is 6.21 Å². The number of hydrogen-bond donors (Lipinski definition) is 3. The highest BCUT2D eigenvalue weighted by atomic mass is 32.2. The molecule has 1 aromatic rings. The molecule has 28 heavy (non-hydrogen) atoms. The average Bonchev–Trinajstić information content (AvgIpc) is 3.07. The number of carbonyl (C=O) groups excluding carboxylic acids is 1. The van der Waals surface area contributed by atoms with Gasteiger partial charge in [0.05, 0.1) is 5.70 Å². The number of nitrogens with zero attached hydrogens (tertiary/aromatic N) is 4. The topological polar surface area (TPSA) is 156 Å². The van der Waals surface area contributed by atoms with Gasteiger partial charge in [-0.25, -0.2) is 27.7 Å². The molecule has 0 aromatic carbocycles. The summed E-state index contributed by atoms with van der Waals surface area (Å²) in [6.45, 7) is -2.92. The lowest BCUT2D eigenvalue weighted by Crippen LogP contribution is -2.50. The van der Waals surface area contributed by atoms with Crippen molar-refractivity contribution in [3.8, 4) is 12.3 Å². The van der Waals surface area contributed by atoms with E-state index in [4.69, 9.17) is 17.9 Å². The summed E-state index contributed by atoms with van der Waals surface area (Å²) < 4.78 is 49.2. The molecule has 1 aliphatic heterocycles. The van der Waals surface area contributed by atoms with E-state index in [-0.39, 0.29) is 16.8 Å². The highest BCUT2D eigenvalue weighted by molar-refractivity contribution is 7.89. The number of hydrogen-bond acceptors (Lipinski definition) is 9. The van der Waals surface area contributed by atoms with Gasteiger partial charge in [0.2, 0.25) is 16.0 Å². The lowest BCUT2D eigenvalue weighted by atomic mass is 10.1. The van der Waals surface area contributed by atoms with Crippen molar-refractivity contribution in [1.82, 2.24) is 9.29 Å². The predicted octanol–water partition coefficient (Wildman–Crippen LogP) is -0.364. The summed E-state index contributed by atoms with van der Waals surface area (Å²) in [5.41, 5.74) is 9.07. The van der Waals surface area contributed by atoms with E-state index >= 15 is 0 Å². The molecule has 0 radical (unpaired) electrons. The number of aliphatic imine (C=N–C) groups is 2. The van der Waals surface area contributed by atoms with Crippen LogP contribution in [-0.4, -0.2) is 55.1 Å². The van der Waals surface area contributed by atoms with Crippen LogP contribution in [-0.2, 0) is 20.4 Å². The number of thiazole rings is 1. The van der Waals surface area contributed by atoms with E-state index in [1.54, 1.807) is 0 Å². The van der Waals surface area contributed by atoms with Gasteiger partial charge in [-0.05, 0) is 6.08 Å². The first-order valence-electron chi connectivity index (χ1n) is 7.35. The largest absolute Gasteiger partial charge is 0.394 e. The van der Waals surface area contributed by atoms with Gasteiger partial charge in [-0.15, -0.1) is 17.8 Å². The summed E-state index contributed by atoms with van der Waals surface area (Å²) in [6, 6.07) is 0. The second-order valence-corrected chi connectivity index (χ2v) is 8.25. The minimum absolute atomic E-state index is 0.0203. The molecule has 2 rings (SSSR count). The van der Waals surface area contributed by atoms with Gasteiger partial charge in [-0.3, -0.25) is 4.79 Å². The molecule has 0 saturated heterocycles. The number of nitrogens with one attached hydrogen (secondary N) is 1. The summed E-state index contributed by atoms with van der Waals surface area (Å²) in [6.07, 6.45) is 7.11. The normalized spacial score (nSPS) is 22.2. The van der Waals surface area contributed by atoms with Gasteiger partial charge in [0, 0.05) is 18.6 Å². The zero-order chi connectivity index (χ0) is 21.1. The van der Waals surface area contributed by atoms with Crippen molar-refractivity contribution in [2.45, 2.75) is 12.1 Å². The number of nitrogens with two attached hydrogens (primary N) is 2. The average molecular weight is 431 g/mol. The predicted molar refractivity (Wildman–Crippen MR) is 101 cm³/mol. The Balaban J connectivity index is 2.26. The van der Waals surface area contributed by atoms with Crippen molar-refractivity contribution >= 4 is 45.3 Å². The van der Waals surface area contributed by atoms with Crippen molar-refractivity contribution in [3.63, 3.8) is 0 Å². The van der Waals surface area contributed by atoms with E-state index in [0.717, 1.165) is 21.7 Å². The lowest BCUT2D eigenvalue weighted by molar-refractivity contribution is -0.112. The van der Waals surface area contributed by atoms with Gasteiger partial charge >= 0.3 is 6.55 Å². The van der Waals surface area contributed by atoms with Gasteiger partial charge in [0.25, 0.3) is 5.91 Å². The standard InChI is InChI=1S/C14H15F2N7O3S2/c1-3-14(7-28(25,26)23(2)13(18)22-14)11-21-9(6-27-11)20-10(24)8(17)4-5-19-12(15)16/h1,4-6,12H,7,17H2,2H3,(H2,18,22)(H,20,24)/t14-/m0/s1. The Morgan fingerprint density at radius 1 is 1.61 bits per heavy atom. The maximum atomic E-state index is 12.2. The summed E-state index contributed by atoms with van der Waals surface area (Å²) in [4.78, 5) is 22.9. The zero-order valence-electron chi connectivity index (χ0n) is 14.3. The van der Waals surface area contributed by atoms with Crippen LogP contribution < -0.4 is 16.8 Å². The van der Waals surface area contributed by atoms with Crippen molar-refractivity contribution in [1.29, 1.82) is 0 Å². The second-order valence-electron chi connectivity index (χ2n) is 5.39. The monoisotopic (exact) mass is 431 g/mol. The molecule has 1 aliphatic rings. The number of aromatic nitrogens is 1. The molecule has 0 spiro atoms. The quantitative estimate of drug-likeness (QED) is 0.250. The van der Waals surface area contributed by atoms with Crippen molar-refractivity contribution in [3.05, 3.63) is 22.2 Å². The summed E-state index contributed by atoms with van der Waals surface area (Å²) in [7, 11) is -2.57. The van der Waals surface area contributed by atoms with E-state index < -0.39 is 39.5 Å². The van der Waals surface area contributed by atoms with Gasteiger partial charge in [0.1, 0.15) is 16.6 Å². The fraction of sp³-hybridized carbons (Fsp3) is 0.286. The summed E-state index contributed by atoms with van der Waals surface area (Å²) in [5, 5.41) is 3.84. The number of guanidine groups is 1. The molecule has 0 aliphatic carbocycles. The number of rotatable bonds is 5. The Labute approximate surface area is 163 Å². The lowest BCUT2D eigenvalue weighted by Gasteiger charge is -2.31. The minimum Gasteiger partial charge on any atom is -0.394 e. The molecule has 1 amide bonds. The SMILES string of the molecule is C#C[C@@]1(c2nc(NC(=O)C(N)=CC=NC(F)F)cs2)CS(=O)(=O)N(C)C(N)=N1. The number of halogens is 2. The Morgan fingerprint density at radius 2 is 2.29 bits per heavy atom. The molecule has 1 aromatic heterocycles. The fourth-order valence-electron chi connectivity index (χ4n) is 2.02. The second kappa shape index (κ2) is 7.90. The van der Waals surface area contributed by atoms with Crippen LogP contribution in [0.1, 0.15) is 5.01 Å². The van der Waals surface area contributed by atoms with Crippen molar-refractivity contribution < 1.29 is 22.0 Å². The number of carbonyl (C=O) groups is 1. The molecule has 14 heteroatoms. The number of anilines is 1. The minimum atomic E-state index is -3.81. The van der Waals surface area contributed by atoms with Crippen LogP contribution >= 0.6 is 11.3 Å². The molecule has 5 N–H and O–H groups in total. The fourth-order valence-corrected chi connectivity index (χ4v) is 4.30. The Morgan fingerprint density at radius 3 is 2.86 bits per heavy atom. The zero-order valence-corrected chi connectivity index (χ0v) is 16.0. The van der Waals surface area contributed by atoms with Crippen LogP contribution in [0.25, 0.3) is 0 Å². The van der Waals surface area contributed by atoms with Crippen LogP contribution in [0, 0.1) is 12.3 Å². The van der Waals surface area contributed by atoms with Gasteiger partial charge in [0.15, 0.2) is 5.54 Å². The molecule has 0 saturated carbocycles. The highest BCUT2D eigenvalue weighted by Gasteiger charge is 2.44. The van der Waals surface area contributed by atoms with E-state index in [2.05, 4.69) is 26.2 Å². The molecular formula is C14H15F2N7O3S2. The van der Waals surface area contributed by atoms with Crippen molar-refractivity contribution in [2.24, 2.45) is 21.5 Å². The molecule has 1 atom stereocenters. The van der Waals surface area contributed by atoms with E-state index in [9.17, 15) is 22.0 Å². The van der Waals surface area contributed by atoms with Crippen molar-refractivity contribution in [2.75, 3.05) is 18.1 Å². The number of sulfonamides is 1. The van der Waals surface area contributed by atoms with Crippen LogP contribution in [0.5, 0.6) is 0 Å². The summed E-state index contributed by atoms with van der Waals surface area (Å²) in [5.74, 6) is 0.648. The molecular weight excluding hydrogens is 416 g/mol. The third-order valence-electron chi connectivity index (χ3n) is 3.49. The Hall–Kier alpha value is -3.05. The molecule has 2 heterocycles. The maximum absolute atomic E-state index is 12.2. The van der Waals surface area contributed by atoms with Gasteiger partial charge in [-0.2, -0.15) is 8.78 Å². The first kappa shape index (κ1) is 21.3. The Bertz CT molecular complexity index is 1010. The molecule has 10 nitrogen and oxygen atoms in total. The van der Waals surface area contributed by atoms with Crippen LogP contribution in [0.4, 0.5) is 14.6 Å². The van der Waals surface area contributed by atoms with E-state index in [1.807, 2.05) is 0 Å².